The molecule has 1 aromatic carbocycles. The van der Waals surface area contributed by atoms with Gasteiger partial charge in [0.1, 0.15) is 11.5 Å². The lowest BCUT2D eigenvalue weighted by molar-refractivity contribution is -0.234. The van der Waals surface area contributed by atoms with Crippen molar-refractivity contribution in [3.63, 3.8) is 0 Å². The fourth-order valence-electron chi connectivity index (χ4n) is 3.16. The Bertz CT molecular complexity index is 584. The summed E-state index contributed by atoms with van der Waals surface area (Å²) < 4.78 is 16.5. The number of carbonyl (C=O) groups is 1. The third kappa shape index (κ3) is 3.67. The van der Waals surface area contributed by atoms with Crippen molar-refractivity contribution in [1.29, 1.82) is 0 Å². The Kier molecular flexibility index (Phi) is 4.57. The molecule has 0 aromatic heterocycles. The molecular formula is C18H22O5. The minimum Gasteiger partial charge on any atom is -0.497 e. The van der Waals surface area contributed by atoms with E-state index in [4.69, 9.17) is 14.2 Å². The summed E-state index contributed by atoms with van der Waals surface area (Å²) in [6.45, 7) is 0. The molecule has 0 bridgehead atoms. The molecule has 1 aromatic rings. The maximum absolute atomic E-state index is 11.9. The Morgan fingerprint density at radius 3 is 2.52 bits per heavy atom. The minimum atomic E-state index is -0.820. The van der Waals surface area contributed by atoms with Crippen LogP contribution in [-0.4, -0.2) is 24.0 Å². The highest BCUT2D eigenvalue weighted by Crippen LogP contribution is 2.39. The van der Waals surface area contributed by atoms with E-state index in [2.05, 4.69) is 0 Å². The van der Waals surface area contributed by atoms with Crippen LogP contribution in [0.25, 0.3) is 0 Å². The highest BCUT2D eigenvalue weighted by Gasteiger charge is 2.41. The summed E-state index contributed by atoms with van der Waals surface area (Å²) in [5, 5.41) is 10.4. The van der Waals surface area contributed by atoms with Crippen molar-refractivity contribution in [2.24, 2.45) is 0 Å². The molecule has 1 fully saturated rings. The number of methoxy groups -OCH3 is 1. The third-order valence-corrected chi connectivity index (χ3v) is 4.39. The lowest BCUT2D eigenvalue weighted by Gasteiger charge is -2.39. The van der Waals surface area contributed by atoms with Crippen molar-refractivity contribution >= 4 is 5.97 Å². The first kappa shape index (κ1) is 15.9. The maximum Gasteiger partial charge on any atom is 0.337 e. The van der Waals surface area contributed by atoms with Gasteiger partial charge in [0, 0.05) is 19.3 Å². The average Bonchev–Trinajstić information content (AvgIpc) is 2.54. The van der Waals surface area contributed by atoms with Crippen molar-refractivity contribution in [2.45, 2.75) is 50.4 Å². The van der Waals surface area contributed by atoms with E-state index in [-0.39, 0.29) is 12.4 Å². The van der Waals surface area contributed by atoms with E-state index in [0.717, 1.165) is 30.6 Å². The van der Waals surface area contributed by atoms with Gasteiger partial charge in [0.05, 0.1) is 19.3 Å². The number of aliphatic hydroxyl groups is 1. The van der Waals surface area contributed by atoms with Gasteiger partial charge in [0.2, 0.25) is 0 Å². The summed E-state index contributed by atoms with van der Waals surface area (Å²) in [5.41, 5.74) is 0.756. The fourth-order valence-corrected chi connectivity index (χ4v) is 3.16. The summed E-state index contributed by atoms with van der Waals surface area (Å²) in [7, 11) is 1.60. The van der Waals surface area contributed by atoms with Crippen LogP contribution in [0.1, 0.15) is 50.2 Å². The molecule has 1 N–H and O–H groups in total. The van der Waals surface area contributed by atoms with E-state index < -0.39 is 11.9 Å². The SMILES string of the molecule is COc1ccc(C(O)CC2=CC(=O)OC3(CCCCC3)O2)cc1. The van der Waals surface area contributed by atoms with Crippen LogP contribution in [0.15, 0.2) is 36.1 Å². The minimum absolute atomic E-state index is 0.253. The second-order valence-corrected chi connectivity index (χ2v) is 6.10. The summed E-state index contributed by atoms with van der Waals surface area (Å²) >= 11 is 0. The van der Waals surface area contributed by atoms with Gasteiger partial charge in [0.25, 0.3) is 5.79 Å². The number of ether oxygens (including phenoxy) is 3. The van der Waals surface area contributed by atoms with E-state index in [1.165, 1.54) is 6.08 Å². The van der Waals surface area contributed by atoms with Crippen molar-refractivity contribution in [2.75, 3.05) is 7.11 Å². The molecule has 0 saturated heterocycles. The van der Waals surface area contributed by atoms with Gasteiger partial charge < -0.3 is 19.3 Å². The van der Waals surface area contributed by atoms with Gasteiger partial charge in [0.15, 0.2) is 0 Å². The Hall–Kier alpha value is -2.01. The molecule has 1 atom stereocenters. The smallest absolute Gasteiger partial charge is 0.337 e. The molecule has 1 saturated carbocycles. The molecule has 1 heterocycles. The van der Waals surface area contributed by atoms with Gasteiger partial charge in [-0.25, -0.2) is 4.79 Å². The first-order valence-corrected chi connectivity index (χ1v) is 8.05. The largest absolute Gasteiger partial charge is 0.497 e. The van der Waals surface area contributed by atoms with Gasteiger partial charge in [-0.05, 0) is 30.5 Å². The number of hydrogen-bond donors (Lipinski definition) is 1. The molecule has 2 aliphatic rings. The van der Waals surface area contributed by atoms with Crippen LogP contribution in [-0.2, 0) is 14.3 Å². The van der Waals surface area contributed by atoms with Crippen LogP contribution in [0.2, 0.25) is 0 Å². The summed E-state index contributed by atoms with van der Waals surface area (Å²) in [5.74, 6) is 0.0272. The molecule has 1 aliphatic carbocycles. The third-order valence-electron chi connectivity index (χ3n) is 4.39. The van der Waals surface area contributed by atoms with Crippen LogP contribution >= 0.6 is 0 Å². The zero-order chi connectivity index (χ0) is 16.3. The van der Waals surface area contributed by atoms with Crippen LogP contribution in [0.3, 0.4) is 0 Å². The molecule has 0 radical (unpaired) electrons. The molecule has 5 heteroatoms. The number of benzene rings is 1. The van der Waals surface area contributed by atoms with Crippen molar-refractivity contribution in [3.8, 4) is 5.75 Å². The molecule has 124 valence electrons. The van der Waals surface area contributed by atoms with Gasteiger partial charge in [-0.15, -0.1) is 0 Å². The van der Waals surface area contributed by atoms with Gasteiger partial charge in [-0.2, -0.15) is 0 Å². The predicted molar refractivity (Wildman–Crippen MR) is 83.6 cm³/mol. The summed E-state index contributed by atoms with van der Waals surface area (Å²) in [6.07, 6.45) is 5.40. The summed E-state index contributed by atoms with van der Waals surface area (Å²) in [6, 6.07) is 7.21. The number of rotatable bonds is 4. The first-order valence-electron chi connectivity index (χ1n) is 8.05. The monoisotopic (exact) mass is 318 g/mol. The average molecular weight is 318 g/mol. The van der Waals surface area contributed by atoms with Gasteiger partial charge >= 0.3 is 5.97 Å². The number of carbonyl (C=O) groups excluding carboxylic acids is 1. The molecule has 1 unspecified atom stereocenters. The Labute approximate surface area is 135 Å². The Morgan fingerprint density at radius 1 is 1.17 bits per heavy atom. The topological polar surface area (TPSA) is 65.0 Å². The normalized spacial score (nSPS) is 21.1. The van der Waals surface area contributed by atoms with E-state index in [1.54, 1.807) is 19.2 Å². The number of esters is 1. The number of aliphatic hydroxyl groups excluding tert-OH is 1. The van der Waals surface area contributed by atoms with Crippen molar-refractivity contribution in [1.82, 2.24) is 0 Å². The standard InChI is InChI=1S/C18H22O5/c1-21-14-7-5-13(6-8-14)16(19)11-15-12-17(20)23-18(22-15)9-3-2-4-10-18/h5-8,12,16,19H,2-4,9-11H2,1H3. The Balaban J connectivity index is 1.69. The molecule has 5 nitrogen and oxygen atoms in total. The quantitative estimate of drug-likeness (QED) is 0.863. The molecular weight excluding hydrogens is 296 g/mol. The lowest BCUT2D eigenvalue weighted by atomic mass is 9.93. The van der Waals surface area contributed by atoms with E-state index in [9.17, 15) is 9.90 Å². The van der Waals surface area contributed by atoms with Crippen LogP contribution in [0, 0.1) is 0 Å². The van der Waals surface area contributed by atoms with Crippen LogP contribution in [0.5, 0.6) is 5.75 Å². The van der Waals surface area contributed by atoms with Crippen molar-refractivity contribution < 1.29 is 24.1 Å². The molecule has 1 spiro atoms. The maximum atomic E-state index is 11.9. The molecule has 23 heavy (non-hydrogen) atoms. The van der Waals surface area contributed by atoms with Gasteiger partial charge in [-0.3, -0.25) is 0 Å². The zero-order valence-electron chi connectivity index (χ0n) is 13.3. The first-order chi connectivity index (χ1) is 11.1. The van der Waals surface area contributed by atoms with Gasteiger partial charge in [-0.1, -0.05) is 18.6 Å². The van der Waals surface area contributed by atoms with E-state index >= 15 is 0 Å². The summed E-state index contributed by atoms with van der Waals surface area (Å²) in [4.78, 5) is 11.9. The second-order valence-electron chi connectivity index (χ2n) is 6.10. The van der Waals surface area contributed by atoms with Crippen LogP contribution in [0.4, 0.5) is 0 Å². The van der Waals surface area contributed by atoms with Crippen molar-refractivity contribution in [3.05, 3.63) is 41.7 Å². The predicted octanol–water partition coefficient (Wildman–Crippen LogP) is 3.24. The zero-order valence-corrected chi connectivity index (χ0v) is 13.3. The Morgan fingerprint density at radius 2 is 1.87 bits per heavy atom. The number of hydrogen-bond acceptors (Lipinski definition) is 5. The lowest BCUT2D eigenvalue weighted by Crippen LogP contribution is -2.42. The fraction of sp³-hybridized carbons (Fsp3) is 0.500. The molecule has 3 rings (SSSR count). The van der Waals surface area contributed by atoms with Crippen LogP contribution < -0.4 is 4.74 Å². The van der Waals surface area contributed by atoms with E-state index in [1.807, 2.05) is 12.1 Å². The molecule has 1 aliphatic heterocycles. The highest BCUT2D eigenvalue weighted by molar-refractivity contribution is 5.83. The molecule has 0 amide bonds. The van der Waals surface area contributed by atoms with E-state index in [0.29, 0.717) is 18.6 Å². The highest BCUT2D eigenvalue weighted by atomic mass is 16.7. The second kappa shape index (κ2) is 6.62.